The van der Waals surface area contributed by atoms with Gasteiger partial charge in [-0.2, -0.15) is 0 Å². The Kier molecular flexibility index (Phi) is 4.61. The molecule has 0 radical (unpaired) electrons. The predicted octanol–water partition coefficient (Wildman–Crippen LogP) is 2.22. The van der Waals surface area contributed by atoms with Gasteiger partial charge in [-0.1, -0.05) is 17.7 Å². The van der Waals surface area contributed by atoms with Gasteiger partial charge in [-0.15, -0.1) is 0 Å². The minimum absolute atomic E-state index is 0.296. The van der Waals surface area contributed by atoms with Gasteiger partial charge in [0, 0.05) is 31.3 Å². The molecule has 3 nitrogen and oxygen atoms in total. The van der Waals surface area contributed by atoms with Gasteiger partial charge in [0.15, 0.2) is 0 Å². The number of anilines is 1. The molecule has 0 amide bonds. The fourth-order valence-corrected chi connectivity index (χ4v) is 2.40. The summed E-state index contributed by atoms with van der Waals surface area (Å²) in [7, 11) is 0. The fraction of sp³-hybridized carbons (Fsp3) is 0.600. The molecule has 0 spiro atoms. The summed E-state index contributed by atoms with van der Waals surface area (Å²) in [4.78, 5) is 2.22. The Morgan fingerprint density at radius 1 is 1.39 bits per heavy atom. The van der Waals surface area contributed by atoms with Crippen LogP contribution in [0.25, 0.3) is 0 Å². The van der Waals surface area contributed by atoms with Crippen LogP contribution >= 0.6 is 0 Å². The van der Waals surface area contributed by atoms with Gasteiger partial charge in [0.2, 0.25) is 0 Å². The molecule has 3 heteroatoms. The molecule has 1 aliphatic rings. The van der Waals surface area contributed by atoms with Crippen LogP contribution < -0.4 is 4.90 Å². The summed E-state index contributed by atoms with van der Waals surface area (Å²) < 4.78 is 5.34. The lowest BCUT2D eigenvalue weighted by atomic mass is 10.0. The molecule has 1 aliphatic heterocycles. The van der Waals surface area contributed by atoms with E-state index in [9.17, 15) is 5.11 Å². The molecule has 0 aromatic heterocycles. The zero-order valence-electron chi connectivity index (χ0n) is 11.3. The van der Waals surface area contributed by atoms with E-state index in [0.29, 0.717) is 19.1 Å². The van der Waals surface area contributed by atoms with Crippen LogP contribution in [0.3, 0.4) is 0 Å². The van der Waals surface area contributed by atoms with Gasteiger partial charge in [-0.25, -0.2) is 0 Å². The van der Waals surface area contributed by atoms with Crippen molar-refractivity contribution < 1.29 is 9.84 Å². The molecule has 0 saturated carbocycles. The molecule has 0 aliphatic carbocycles. The largest absolute Gasteiger partial charge is 0.391 e. The molecule has 2 atom stereocenters. The number of nitrogens with zero attached hydrogens (tertiary/aromatic N) is 1. The van der Waals surface area contributed by atoms with Crippen molar-refractivity contribution >= 4 is 5.69 Å². The highest BCUT2D eigenvalue weighted by molar-refractivity contribution is 5.47. The highest BCUT2D eigenvalue weighted by Gasteiger charge is 2.25. The lowest BCUT2D eigenvalue weighted by molar-refractivity contribution is 0.0963. The summed E-state index contributed by atoms with van der Waals surface area (Å²) >= 11 is 0. The van der Waals surface area contributed by atoms with Crippen molar-refractivity contribution in [3.63, 3.8) is 0 Å². The van der Waals surface area contributed by atoms with E-state index in [1.165, 1.54) is 11.3 Å². The second kappa shape index (κ2) is 6.21. The van der Waals surface area contributed by atoms with Crippen molar-refractivity contribution in [2.45, 2.75) is 26.4 Å². The number of ether oxygens (including phenoxy) is 1. The first-order chi connectivity index (χ1) is 8.70. The third kappa shape index (κ3) is 3.24. The Bertz CT molecular complexity index is 357. The van der Waals surface area contributed by atoms with E-state index < -0.39 is 0 Å². The molecule has 100 valence electrons. The fourth-order valence-electron chi connectivity index (χ4n) is 2.40. The highest BCUT2D eigenvalue weighted by Crippen LogP contribution is 2.20. The summed E-state index contributed by atoms with van der Waals surface area (Å²) in [5.41, 5.74) is 2.45. The first kappa shape index (κ1) is 13.4. The molecule has 1 saturated heterocycles. The molecule has 18 heavy (non-hydrogen) atoms. The maximum atomic E-state index is 10.2. The van der Waals surface area contributed by atoms with Crippen LogP contribution in [0.1, 0.15) is 18.9 Å². The molecular weight excluding hydrogens is 226 g/mol. The van der Waals surface area contributed by atoms with E-state index in [4.69, 9.17) is 4.74 Å². The summed E-state index contributed by atoms with van der Waals surface area (Å²) in [6, 6.07) is 8.47. The summed E-state index contributed by atoms with van der Waals surface area (Å²) in [5.74, 6) is 0.296. The highest BCUT2D eigenvalue weighted by atomic mass is 16.5. The van der Waals surface area contributed by atoms with Gasteiger partial charge in [0.25, 0.3) is 0 Å². The minimum Gasteiger partial charge on any atom is -0.391 e. The Balaban J connectivity index is 1.97. The van der Waals surface area contributed by atoms with Crippen molar-refractivity contribution in [3.8, 4) is 0 Å². The average Bonchev–Trinajstić information content (AvgIpc) is 2.91. The monoisotopic (exact) mass is 249 g/mol. The third-order valence-electron chi connectivity index (χ3n) is 3.70. The Morgan fingerprint density at radius 3 is 2.67 bits per heavy atom. The number of benzene rings is 1. The van der Waals surface area contributed by atoms with E-state index in [2.05, 4.69) is 43.0 Å². The lowest BCUT2D eigenvalue weighted by Gasteiger charge is -2.28. The Hall–Kier alpha value is -1.06. The zero-order chi connectivity index (χ0) is 13.0. The third-order valence-corrected chi connectivity index (χ3v) is 3.70. The van der Waals surface area contributed by atoms with Crippen molar-refractivity contribution in [1.82, 2.24) is 0 Å². The topological polar surface area (TPSA) is 32.7 Å². The SMILES string of the molecule is CCN(CC(O)C1CCOC1)c1ccc(C)cc1. The second-order valence-electron chi connectivity index (χ2n) is 5.07. The van der Waals surface area contributed by atoms with Crippen molar-refractivity contribution in [1.29, 1.82) is 0 Å². The van der Waals surface area contributed by atoms with Gasteiger partial charge in [-0.05, 0) is 32.4 Å². The number of rotatable bonds is 5. The van der Waals surface area contributed by atoms with Crippen LogP contribution in [0.15, 0.2) is 24.3 Å². The maximum absolute atomic E-state index is 10.2. The summed E-state index contributed by atoms with van der Waals surface area (Å²) in [6.07, 6.45) is 0.681. The standard InChI is InChI=1S/C15H23NO2/c1-3-16(14-6-4-12(2)5-7-14)10-15(17)13-8-9-18-11-13/h4-7,13,15,17H,3,8-11H2,1-2H3. The normalized spacial score (nSPS) is 20.9. The van der Waals surface area contributed by atoms with Crippen LogP contribution in [0, 0.1) is 12.8 Å². The van der Waals surface area contributed by atoms with Gasteiger partial charge in [0.1, 0.15) is 0 Å². The molecule has 2 unspecified atom stereocenters. The number of likely N-dealkylation sites (N-methyl/N-ethyl adjacent to an activating group) is 1. The van der Waals surface area contributed by atoms with Crippen molar-refractivity contribution in [2.75, 3.05) is 31.2 Å². The number of hydrogen-bond donors (Lipinski definition) is 1. The van der Waals surface area contributed by atoms with Crippen LogP contribution in [-0.2, 0) is 4.74 Å². The molecule has 1 heterocycles. The molecular formula is C15H23NO2. The molecule has 2 rings (SSSR count). The van der Waals surface area contributed by atoms with Gasteiger partial charge < -0.3 is 14.7 Å². The maximum Gasteiger partial charge on any atom is 0.0765 e. The summed E-state index contributed by atoms with van der Waals surface area (Å²) in [6.45, 7) is 7.30. The molecule has 1 aromatic rings. The number of aliphatic hydroxyl groups is 1. The minimum atomic E-state index is -0.297. The van der Waals surface area contributed by atoms with Crippen molar-refractivity contribution in [2.24, 2.45) is 5.92 Å². The Labute approximate surface area is 109 Å². The van der Waals surface area contributed by atoms with Gasteiger partial charge in [-0.3, -0.25) is 0 Å². The number of hydrogen-bond acceptors (Lipinski definition) is 3. The summed E-state index contributed by atoms with van der Waals surface area (Å²) in [5, 5.41) is 10.2. The van der Waals surface area contributed by atoms with Crippen molar-refractivity contribution in [3.05, 3.63) is 29.8 Å². The van der Waals surface area contributed by atoms with E-state index in [1.54, 1.807) is 0 Å². The van der Waals surface area contributed by atoms with E-state index in [1.807, 2.05) is 0 Å². The second-order valence-corrected chi connectivity index (χ2v) is 5.07. The molecule has 1 aromatic carbocycles. The van der Waals surface area contributed by atoms with E-state index in [-0.39, 0.29) is 6.10 Å². The number of aryl methyl sites for hydroxylation is 1. The smallest absolute Gasteiger partial charge is 0.0765 e. The molecule has 1 fully saturated rings. The van der Waals surface area contributed by atoms with Crippen LogP contribution in [-0.4, -0.2) is 37.5 Å². The first-order valence-electron chi connectivity index (χ1n) is 6.78. The zero-order valence-corrected chi connectivity index (χ0v) is 11.3. The predicted molar refractivity (Wildman–Crippen MR) is 74.0 cm³/mol. The van der Waals surface area contributed by atoms with E-state index >= 15 is 0 Å². The van der Waals surface area contributed by atoms with Gasteiger partial charge in [0.05, 0.1) is 12.7 Å². The van der Waals surface area contributed by atoms with Crippen LogP contribution in [0.2, 0.25) is 0 Å². The Morgan fingerprint density at radius 2 is 2.11 bits per heavy atom. The number of aliphatic hydroxyl groups excluding tert-OH is 1. The molecule has 1 N–H and O–H groups in total. The lowest BCUT2D eigenvalue weighted by Crippen LogP contribution is -2.36. The molecule has 0 bridgehead atoms. The van der Waals surface area contributed by atoms with Gasteiger partial charge >= 0.3 is 0 Å². The average molecular weight is 249 g/mol. The first-order valence-corrected chi connectivity index (χ1v) is 6.78. The quantitative estimate of drug-likeness (QED) is 0.868. The van der Waals surface area contributed by atoms with Crippen LogP contribution in [0.5, 0.6) is 0 Å². The van der Waals surface area contributed by atoms with E-state index in [0.717, 1.165) is 19.6 Å². The van der Waals surface area contributed by atoms with Crippen LogP contribution in [0.4, 0.5) is 5.69 Å².